The third-order valence-electron chi connectivity index (χ3n) is 2.97. The number of aromatic nitrogens is 1. The second-order valence-electron chi connectivity index (χ2n) is 3.84. The van der Waals surface area contributed by atoms with E-state index >= 15 is 0 Å². The molecule has 0 saturated heterocycles. The molecule has 0 aliphatic carbocycles. The second-order valence-corrected chi connectivity index (χ2v) is 3.84. The molecule has 0 radical (unpaired) electrons. The van der Waals surface area contributed by atoms with Gasteiger partial charge >= 0.3 is 0 Å². The molecule has 4 heteroatoms. The highest BCUT2D eigenvalue weighted by atomic mass is 16.2. The largest absolute Gasteiger partial charge is 0.397 e. The lowest BCUT2D eigenvalue weighted by Gasteiger charge is -2.17. The molecule has 4 nitrogen and oxygen atoms in total. The molecule has 0 spiro atoms. The van der Waals surface area contributed by atoms with E-state index in [1.807, 2.05) is 29.7 Å². The molecule has 2 heterocycles. The molecular formula is C11H11N3O. The number of carbonyl (C=O) groups excluding carboxylic acids is 1. The number of nitrogen functional groups attached to an aromatic ring is 1. The number of rotatable bonds is 0. The molecule has 0 bridgehead atoms. The molecule has 15 heavy (non-hydrogen) atoms. The van der Waals surface area contributed by atoms with Crippen molar-refractivity contribution in [2.75, 3.05) is 11.1 Å². The van der Waals surface area contributed by atoms with E-state index in [0.29, 0.717) is 6.54 Å². The first-order chi connectivity index (χ1) is 7.18. The van der Waals surface area contributed by atoms with Gasteiger partial charge in [0.15, 0.2) is 0 Å². The van der Waals surface area contributed by atoms with Gasteiger partial charge in [-0.25, -0.2) is 0 Å². The average molecular weight is 201 g/mol. The Morgan fingerprint density at radius 3 is 3.07 bits per heavy atom. The molecule has 1 aromatic heterocycles. The Morgan fingerprint density at radius 1 is 1.47 bits per heavy atom. The number of para-hydroxylation sites is 1. The van der Waals surface area contributed by atoms with Crippen LogP contribution in [0.3, 0.4) is 0 Å². The Bertz CT molecular complexity index is 583. The van der Waals surface area contributed by atoms with Crippen LogP contribution >= 0.6 is 0 Å². The lowest BCUT2D eigenvalue weighted by molar-refractivity contribution is -0.116. The van der Waals surface area contributed by atoms with Crippen molar-refractivity contribution in [3.05, 3.63) is 23.9 Å². The molecule has 1 amide bonds. The molecule has 0 saturated carbocycles. The summed E-state index contributed by atoms with van der Waals surface area (Å²) in [7, 11) is 0. The molecule has 0 unspecified atom stereocenters. The molecule has 3 N–H and O–H groups in total. The van der Waals surface area contributed by atoms with Crippen molar-refractivity contribution in [1.82, 2.24) is 4.57 Å². The molecule has 1 aliphatic rings. The number of nitrogens with zero attached hydrogens (tertiary/aromatic N) is 1. The molecule has 1 aromatic carbocycles. The Kier molecular flexibility index (Phi) is 1.41. The summed E-state index contributed by atoms with van der Waals surface area (Å²) < 4.78 is 1.97. The van der Waals surface area contributed by atoms with E-state index in [1.165, 1.54) is 0 Å². The Morgan fingerprint density at radius 2 is 2.27 bits per heavy atom. The number of hydrogen-bond donors (Lipinski definition) is 2. The van der Waals surface area contributed by atoms with Crippen LogP contribution in [0.25, 0.3) is 10.9 Å². The molecule has 76 valence electrons. The fraction of sp³-hybridized carbons (Fsp3) is 0.182. The fourth-order valence-corrected chi connectivity index (χ4v) is 2.19. The van der Waals surface area contributed by atoms with E-state index in [9.17, 15) is 4.79 Å². The van der Waals surface area contributed by atoms with E-state index in [0.717, 1.165) is 28.0 Å². The summed E-state index contributed by atoms with van der Waals surface area (Å²) in [5, 5.41) is 3.87. The zero-order chi connectivity index (χ0) is 10.6. The first-order valence-corrected chi connectivity index (χ1v) is 4.85. The lowest BCUT2D eigenvalue weighted by atomic mass is 10.2. The van der Waals surface area contributed by atoms with E-state index in [2.05, 4.69) is 5.32 Å². The minimum atomic E-state index is 0.00806. The molecule has 1 aliphatic heterocycles. The summed E-state index contributed by atoms with van der Waals surface area (Å²) in [4.78, 5) is 11.5. The van der Waals surface area contributed by atoms with Crippen molar-refractivity contribution < 1.29 is 4.79 Å². The molecule has 0 atom stereocenters. The predicted octanol–water partition coefficient (Wildman–Crippen LogP) is 1.48. The molecule has 0 fully saturated rings. The monoisotopic (exact) mass is 201 g/mol. The van der Waals surface area contributed by atoms with Gasteiger partial charge in [-0.1, -0.05) is 12.1 Å². The van der Waals surface area contributed by atoms with Crippen LogP contribution in [0.5, 0.6) is 0 Å². The summed E-state index contributed by atoms with van der Waals surface area (Å²) in [5.74, 6) is 0.00806. The normalized spacial score (nSPS) is 14.3. The maximum absolute atomic E-state index is 11.5. The third kappa shape index (κ3) is 0.932. The SMILES string of the molecule is Cc1c(N)c2cccc3c2n1CC(=O)N3. The van der Waals surface area contributed by atoms with Gasteiger partial charge in [0.2, 0.25) is 5.91 Å². The van der Waals surface area contributed by atoms with Gasteiger partial charge < -0.3 is 15.6 Å². The first-order valence-electron chi connectivity index (χ1n) is 4.85. The highest BCUT2D eigenvalue weighted by Gasteiger charge is 2.21. The second kappa shape index (κ2) is 2.53. The van der Waals surface area contributed by atoms with E-state index < -0.39 is 0 Å². The number of anilines is 2. The van der Waals surface area contributed by atoms with Crippen molar-refractivity contribution in [1.29, 1.82) is 0 Å². The first kappa shape index (κ1) is 8.35. The highest BCUT2D eigenvalue weighted by Crippen LogP contribution is 2.34. The zero-order valence-corrected chi connectivity index (χ0v) is 8.37. The predicted molar refractivity (Wildman–Crippen MR) is 59.7 cm³/mol. The number of benzene rings is 1. The quantitative estimate of drug-likeness (QED) is 0.678. The molecule has 3 rings (SSSR count). The summed E-state index contributed by atoms with van der Waals surface area (Å²) in [6, 6.07) is 5.79. The minimum Gasteiger partial charge on any atom is -0.397 e. The van der Waals surface area contributed by atoms with Gasteiger partial charge in [0.05, 0.1) is 16.9 Å². The lowest BCUT2D eigenvalue weighted by Crippen LogP contribution is -2.24. The van der Waals surface area contributed by atoms with Crippen molar-refractivity contribution in [2.45, 2.75) is 13.5 Å². The van der Waals surface area contributed by atoms with Gasteiger partial charge in [-0.05, 0) is 13.0 Å². The van der Waals surface area contributed by atoms with Crippen molar-refractivity contribution >= 4 is 28.2 Å². The average Bonchev–Trinajstić information content (AvgIpc) is 2.46. The zero-order valence-electron chi connectivity index (χ0n) is 8.37. The Hall–Kier alpha value is -1.97. The van der Waals surface area contributed by atoms with Crippen LogP contribution < -0.4 is 11.1 Å². The molecular weight excluding hydrogens is 190 g/mol. The minimum absolute atomic E-state index is 0.00806. The maximum Gasteiger partial charge on any atom is 0.244 e. The number of nitrogens with two attached hydrogens (primary N) is 1. The summed E-state index contributed by atoms with van der Waals surface area (Å²) in [5.41, 5.74) is 9.61. The Balaban J connectivity index is 2.51. The summed E-state index contributed by atoms with van der Waals surface area (Å²) in [6.45, 7) is 2.30. The van der Waals surface area contributed by atoms with Crippen molar-refractivity contribution in [2.24, 2.45) is 0 Å². The van der Waals surface area contributed by atoms with Gasteiger partial charge in [-0.3, -0.25) is 4.79 Å². The van der Waals surface area contributed by atoms with E-state index in [1.54, 1.807) is 0 Å². The van der Waals surface area contributed by atoms with Crippen LogP contribution in [0.4, 0.5) is 11.4 Å². The van der Waals surface area contributed by atoms with Gasteiger partial charge in [0.1, 0.15) is 6.54 Å². The molecule has 2 aromatic rings. The van der Waals surface area contributed by atoms with Crippen LogP contribution in [0, 0.1) is 6.92 Å². The van der Waals surface area contributed by atoms with Gasteiger partial charge in [0.25, 0.3) is 0 Å². The van der Waals surface area contributed by atoms with E-state index in [4.69, 9.17) is 5.73 Å². The van der Waals surface area contributed by atoms with Crippen LogP contribution in [0.1, 0.15) is 5.69 Å². The van der Waals surface area contributed by atoms with Crippen molar-refractivity contribution in [3.63, 3.8) is 0 Å². The van der Waals surface area contributed by atoms with Gasteiger partial charge in [0, 0.05) is 11.1 Å². The summed E-state index contributed by atoms with van der Waals surface area (Å²) >= 11 is 0. The van der Waals surface area contributed by atoms with E-state index in [-0.39, 0.29) is 5.91 Å². The number of amides is 1. The van der Waals surface area contributed by atoms with Gasteiger partial charge in [-0.15, -0.1) is 0 Å². The van der Waals surface area contributed by atoms with Crippen LogP contribution in [0.2, 0.25) is 0 Å². The smallest absolute Gasteiger partial charge is 0.244 e. The van der Waals surface area contributed by atoms with Crippen molar-refractivity contribution in [3.8, 4) is 0 Å². The fourth-order valence-electron chi connectivity index (χ4n) is 2.19. The topological polar surface area (TPSA) is 60.0 Å². The standard InChI is InChI=1S/C11H11N3O/c1-6-10(12)7-3-2-4-8-11(7)14(6)5-9(15)13-8/h2-4H,5,12H2,1H3,(H,13,15). The number of hydrogen-bond acceptors (Lipinski definition) is 2. The van der Waals surface area contributed by atoms with Gasteiger partial charge in [-0.2, -0.15) is 0 Å². The maximum atomic E-state index is 11.5. The van der Waals surface area contributed by atoms with Crippen LogP contribution in [-0.2, 0) is 11.3 Å². The third-order valence-corrected chi connectivity index (χ3v) is 2.97. The Labute approximate surface area is 86.7 Å². The van der Waals surface area contributed by atoms with Crippen LogP contribution in [0.15, 0.2) is 18.2 Å². The highest BCUT2D eigenvalue weighted by molar-refractivity contribution is 6.08. The van der Waals surface area contributed by atoms with Crippen LogP contribution in [-0.4, -0.2) is 10.5 Å². The number of carbonyl (C=O) groups is 1. The number of nitrogens with one attached hydrogen (secondary N) is 1. The summed E-state index contributed by atoms with van der Waals surface area (Å²) in [6.07, 6.45) is 0.